The van der Waals surface area contributed by atoms with Crippen LogP contribution in [0.5, 0.6) is 0 Å². The first-order valence-corrected chi connectivity index (χ1v) is 7.25. The highest BCUT2D eigenvalue weighted by atomic mass is 15.5. The molecule has 2 rings (SSSR count). The van der Waals surface area contributed by atoms with E-state index in [1.54, 1.807) is 0 Å². The van der Waals surface area contributed by atoms with E-state index >= 15 is 0 Å². The number of hydrogen-bond acceptors (Lipinski definition) is 2. The fourth-order valence-corrected chi connectivity index (χ4v) is 2.06. The molecule has 0 saturated heterocycles. The zero-order valence-corrected chi connectivity index (χ0v) is 12.3. The fraction of sp³-hybridized carbons (Fsp3) is 0.278. The van der Waals surface area contributed by atoms with Crippen molar-refractivity contribution < 1.29 is 0 Å². The third-order valence-corrected chi connectivity index (χ3v) is 3.16. The Hall–Kier alpha value is -2.09. The zero-order valence-electron chi connectivity index (χ0n) is 12.3. The second-order valence-corrected chi connectivity index (χ2v) is 4.92. The smallest absolute Gasteiger partial charge is 0.0652 e. The highest BCUT2D eigenvalue weighted by Crippen LogP contribution is 2.25. The molecule has 104 valence electrons. The van der Waals surface area contributed by atoms with Gasteiger partial charge in [0.25, 0.3) is 0 Å². The Morgan fingerprint density at radius 1 is 0.900 bits per heavy atom. The van der Waals surface area contributed by atoms with Crippen molar-refractivity contribution in [2.75, 3.05) is 5.01 Å². The van der Waals surface area contributed by atoms with Crippen molar-refractivity contribution in [3.8, 4) is 0 Å². The van der Waals surface area contributed by atoms with Gasteiger partial charge in [-0.1, -0.05) is 49.7 Å². The van der Waals surface area contributed by atoms with Crippen molar-refractivity contribution in [2.45, 2.75) is 33.1 Å². The van der Waals surface area contributed by atoms with Gasteiger partial charge >= 0.3 is 0 Å². The molecule has 0 amide bonds. The lowest BCUT2D eigenvalue weighted by molar-refractivity contribution is 0.828. The van der Waals surface area contributed by atoms with E-state index in [4.69, 9.17) is 5.10 Å². The molecule has 0 N–H and O–H groups in total. The van der Waals surface area contributed by atoms with Crippen molar-refractivity contribution >= 4 is 17.1 Å². The van der Waals surface area contributed by atoms with Gasteiger partial charge < -0.3 is 0 Å². The largest absolute Gasteiger partial charge is 0.234 e. The quantitative estimate of drug-likeness (QED) is 0.505. The number of rotatable bonds is 6. The van der Waals surface area contributed by atoms with Crippen LogP contribution in [0.2, 0.25) is 0 Å². The number of benzene rings is 2. The fourth-order valence-electron chi connectivity index (χ4n) is 2.06. The Kier molecular flexibility index (Phi) is 5.36. The van der Waals surface area contributed by atoms with Crippen LogP contribution in [0.4, 0.5) is 11.4 Å². The van der Waals surface area contributed by atoms with Crippen LogP contribution in [0.3, 0.4) is 0 Å². The molecule has 0 bridgehead atoms. The Morgan fingerprint density at radius 2 is 1.40 bits per heavy atom. The number of nitrogens with zero attached hydrogens (tertiary/aromatic N) is 2. The molecule has 0 saturated carbocycles. The molecule has 0 heterocycles. The van der Waals surface area contributed by atoms with Crippen LogP contribution in [0.15, 0.2) is 65.8 Å². The summed E-state index contributed by atoms with van der Waals surface area (Å²) in [4.78, 5) is 0. The summed E-state index contributed by atoms with van der Waals surface area (Å²) in [5.41, 5.74) is 3.35. The minimum Gasteiger partial charge on any atom is -0.234 e. The summed E-state index contributed by atoms with van der Waals surface area (Å²) in [6.45, 7) is 4.31. The summed E-state index contributed by atoms with van der Waals surface area (Å²) >= 11 is 0. The maximum Gasteiger partial charge on any atom is 0.0652 e. The van der Waals surface area contributed by atoms with Crippen molar-refractivity contribution in [1.82, 2.24) is 0 Å². The third kappa shape index (κ3) is 3.95. The molecule has 2 heteroatoms. The summed E-state index contributed by atoms with van der Waals surface area (Å²) in [7, 11) is 0. The normalized spacial score (nSPS) is 11.4. The van der Waals surface area contributed by atoms with Gasteiger partial charge in [0.15, 0.2) is 0 Å². The molecular weight excluding hydrogens is 244 g/mol. The van der Waals surface area contributed by atoms with E-state index in [1.807, 2.05) is 41.4 Å². The molecule has 0 aliphatic carbocycles. The van der Waals surface area contributed by atoms with Crippen LogP contribution < -0.4 is 5.01 Å². The molecule has 20 heavy (non-hydrogen) atoms. The molecule has 0 radical (unpaired) electrons. The van der Waals surface area contributed by atoms with Crippen molar-refractivity contribution in [3.05, 3.63) is 60.7 Å². The van der Waals surface area contributed by atoms with E-state index in [1.165, 1.54) is 18.6 Å². The number of anilines is 2. The first-order valence-electron chi connectivity index (χ1n) is 7.25. The predicted octanol–water partition coefficient (Wildman–Crippen LogP) is 5.39. The van der Waals surface area contributed by atoms with Crippen molar-refractivity contribution in [2.24, 2.45) is 5.10 Å². The summed E-state index contributed by atoms with van der Waals surface area (Å²) in [5, 5.41) is 6.82. The van der Waals surface area contributed by atoms with Gasteiger partial charge in [-0.25, -0.2) is 5.01 Å². The van der Waals surface area contributed by atoms with E-state index < -0.39 is 0 Å². The Balaban J connectivity index is 2.30. The topological polar surface area (TPSA) is 15.6 Å². The molecule has 2 aromatic rings. The Bertz CT molecular complexity index is 492. The molecule has 0 atom stereocenters. The Labute approximate surface area is 121 Å². The first kappa shape index (κ1) is 14.3. The zero-order chi connectivity index (χ0) is 14.2. The molecule has 0 unspecified atom stereocenters. The van der Waals surface area contributed by atoms with Gasteiger partial charge in [0, 0.05) is 5.71 Å². The number of unbranched alkanes of at least 4 members (excludes halogenated alkanes) is 1. The average molecular weight is 266 g/mol. The monoisotopic (exact) mass is 266 g/mol. The standard InChI is InChI=1S/C18H22N2/c1-3-4-11-16(2)19-20(17-12-7-5-8-13-17)18-14-9-6-10-15-18/h5-10,12-15H,3-4,11H2,1-2H3. The molecule has 0 aliphatic heterocycles. The van der Waals surface area contributed by atoms with Gasteiger partial charge in [-0.15, -0.1) is 0 Å². The van der Waals surface area contributed by atoms with E-state index in [9.17, 15) is 0 Å². The van der Waals surface area contributed by atoms with Crippen LogP contribution in [-0.4, -0.2) is 5.71 Å². The second-order valence-electron chi connectivity index (χ2n) is 4.92. The maximum absolute atomic E-state index is 4.80. The lowest BCUT2D eigenvalue weighted by Gasteiger charge is -2.20. The van der Waals surface area contributed by atoms with Gasteiger partial charge in [0.1, 0.15) is 0 Å². The van der Waals surface area contributed by atoms with Crippen LogP contribution in [0.25, 0.3) is 0 Å². The van der Waals surface area contributed by atoms with Gasteiger partial charge in [-0.3, -0.25) is 0 Å². The summed E-state index contributed by atoms with van der Waals surface area (Å²) in [5.74, 6) is 0. The third-order valence-electron chi connectivity index (χ3n) is 3.16. The second kappa shape index (κ2) is 7.49. The van der Waals surface area contributed by atoms with Crippen LogP contribution in [0.1, 0.15) is 33.1 Å². The van der Waals surface area contributed by atoms with Crippen LogP contribution in [0, 0.1) is 0 Å². The van der Waals surface area contributed by atoms with Gasteiger partial charge in [0.05, 0.1) is 11.4 Å². The van der Waals surface area contributed by atoms with Gasteiger partial charge in [-0.05, 0) is 44.0 Å². The van der Waals surface area contributed by atoms with Crippen LogP contribution >= 0.6 is 0 Å². The van der Waals surface area contributed by atoms with Crippen LogP contribution in [-0.2, 0) is 0 Å². The summed E-state index contributed by atoms with van der Waals surface area (Å²) in [6.07, 6.45) is 3.43. The predicted molar refractivity (Wildman–Crippen MR) is 87.7 cm³/mol. The average Bonchev–Trinajstić information content (AvgIpc) is 2.52. The molecule has 2 aromatic carbocycles. The minimum atomic E-state index is 1.05. The summed E-state index contributed by atoms with van der Waals surface area (Å²) < 4.78 is 0. The number of hydrogen-bond donors (Lipinski definition) is 0. The molecule has 0 fully saturated rings. The number of hydrazone groups is 1. The molecule has 2 nitrogen and oxygen atoms in total. The SMILES string of the molecule is CCCCC(C)=NN(c1ccccc1)c1ccccc1. The van der Waals surface area contributed by atoms with Crippen molar-refractivity contribution in [1.29, 1.82) is 0 Å². The molecule has 0 aromatic heterocycles. The molecular formula is C18H22N2. The summed E-state index contributed by atoms with van der Waals surface area (Å²) in [6, 6.07) is 20.6. The van der Waals surface area contributed by atoms with E-state index in [2.05, 4.69) is 38.1 Å². The lowest BCUT2D eigenvalue weighted by atomic mass is 10.2. The maximum atomic E-state index is 4.80. The Morgan fingerprint density at radius 3 is 1.85 bits per heavy atom. The molecule has 0 spiro atoms. The molecule has 0 aliphatic rings. The number of para-hydroxylation sites is 2. The van der Waals surface area contributed by atoms with E-state index in [-0.39, 0.29) is 0 Å². The van der Waals surface area contributed by atoms with Gasteiger partial charge in [0.2, 0.25) is 0 Å². The van der Waals surface area contributed by atoms with Crippen molar-refractivity contribution in [3.63, 3.8) is 0 Å². The highest BCUT2D eigenvalue weighted by Gasteiger charge is 2.07. The van der Waals surface area contributed by atoms with Gasteiger partial charge in [-0.2, -0.15) is 5.10 Å². The highest BCUT2D eigenvalue weighted by molar-refractivity contribution is 5.84. The lowest BCUT2D eigenvalue weighted by Crippen LogP contribution is -2.11. The van der Waals surface area contributed by atoms with E-state index in [0.717, 1.165) is 17.8 Å². The van der Waals surface area contributed by atoms with E-state index in [0.29, 0.717) is 0 Å². The first-order chi connectivity index (χ1) is 9.81. The minimum absolute atomic E-state index is 1.05.